The third-order valence-corrected chi connectivity index (χ3v) is 5.69. The van der Waals surface area contributed by atoms with Crippen LogP contribution in [-0.4, -0.2) is 33.3 Å². The Kier molecular flexibility index (Phi) is 6.13. The van der Waals surface area contributed by atoms with Crippen molar-refractivity contribution in [2.75, 3.05) is 6.61 Å². The van der Waals surface area contributed by atoms with Gasteiger partial charge in [0.2, 0.25) is 0 Å². The van der Waals surface area contributed by atoms with Crippen LogP contribution >= 0.6 is 0 Å². The first kappa shape index (κ1) is 20.5. The highest BCUT2D eigenvalue weighted by Crippen LogP contribution is 2.34. The Hall–Kier alpha value is -2.73. The van der Waals surface area contributed by atoms with E-state index in [4.69, 9.17) is 9.47 Å². The highest BCUT2D eigenvalue weighted by Gasteiger charge is 2.30. The van der Waals surface area contributed by atoms with Crippen LogP contribution in [0.4, 0.5) is 0 Å². The first-order chi connectivity index (χ1) is 14.5. The first-order valence-corrected chi connectivity index (χ1v) is 10.7. The van der Waals surface area contributed by atoms with Gasteiger partial charge in [-0.3, -0.25) is 4.79 Å². The van der Waals surface area contributed by atoms with Crippen LogP contribution in [-0.2, 0) is 20.7 Å². The Bertz CT molecular complexity index is 999. The zero-order valence-electron chi connectivity index (χ0n) is 17.8. The molecule has 0 N–H and O–H groups in total. The van der Waals surface area contributed by atoms with E-state index in [-0.39, 0.29) is 24.1 Å². The molecule has 2 aromatic heterocycles. The average Bonchev–Trinajstić information content (AvgIpc) is 3.39. The number of hydrogen-bond acceptors (Lipinski definition) is 5. The summed E-state index contributed by atoms with van der Waals surface area (Å²) in [5.74, 6) is -0.0218. The molecule has 3 unspecified atom stereocenters. The molecule has 0 radical (unpaired) electrons. The van der Waals surface area contributed by atoms with Gasteiger partial charge in [0.05, 0.1) is 28.9 Å². The van der Waals surface area contributed by atoms with E-state index in [0.29, 0.717) is 18.9 Å². The molecule has 1 fully saturated rings. The number of hydrogen-bond donors (Lipinski definition) is 0. The number of ether oxygens (including phenoxy) is 2. The molecule has 0 spiro atoms. The monoisotopic (exact) mass is 407 g/mol. The molecule has 6 nitrogen and oxygen atoms in total. The number of carbonyl (C=O) groups excluding carboxylic acids is 1. The SMILES string of the molecule is CC(Cc1ccccc1)C(=O)OCC1CCC(c2ccc3c(C(C)C)ncnn23)O1. The predicted molar refractivity (Wildman–Crippen MR) is 114 cm³/mol. The zero-order chi connectivity index (χ0) is 21.1. The van der Waals surface area contributed by atoms with E-state index >= 15 is 0 Å². The van der Waals surface area contributed by atoms with Crippen molar-refractivity contribution in [3.05, 3.63) is 65.7 Å². The lowest BCUT2D eigenvalue weighted by Crippen LogP contribution is -2.23. The molecule has 3 heterocycles. The van der Waals surface area contributed by atoms with Crippen molar-refractivity contribution < 1.29 is 14.3 Å². The summed E-state index contributed by atoms with van der Waals surface area (Å²) < 4.78 is 13.7. The molecule has 4 rings (SSSR count). The lowest BCUT2D eigenvalue weighted by Gasteiger charge is -2.16. The molecule has 158 valence electrons. The number of nitrogens with zero attached hydrogens (tertiary/aromatic N) is 3. The van der Waals surface area contributed by atoms with Crippen molar-refractivity contribution in [2.24, 2.45) is 5.92 Å². The summed E-state index contributed by atoms with van der Waals surface area (Å²) in [6, 6.07) is 14.1. The second-order valence-electron chi connectivity index (χ2n) is 8.40. The smallest absolute Gasteiger partial charge is 0.309 e. The van der Waals surface area contributed by atoms with E-state index in [1.54, 1.807) is 6.33 Å². The molecule has 3 atom stereocenters. The number of carbonyl (C=O) groups is 1. The third-order valence-electron chi connectivity index (χ3n) is 5.69. The van der Waals surface area contributed by atoms with Crippen LogP contribution in [0.2, 0.25) is 0 Å². The Morgan fingerprint density at radius 2 is 1.97 bits per heavy atom. The van der Waals surface area contributed by atoms with E-state index in [9.17, 15) is 4.79 Å². The summed E-state index contributed by atoms with van der Waals surface area (Å²) in [6.07, 6.45) is 3.90. The predicted octanol–water partition coefficient (Wildman–Crippen LogP) is 4.49. The summed E-state index contributed by atoms with van der Waals surface area (Å²) in [6.45, 7) is 6.46. The normalized spacial score (nSPS) is 20.0. The van der Waals surface area contributed by atoms with Crippen LogP contribution in [0.5, 0.6) is 0 Å². The van der Waals surface area contributed by atoms with Gasteiger partial charge in [0.15, 0.2) is 0 Å². The maximum absolute atomic E-state index is 12.4. The fraction of sp³-hybridized carbons (Fsp3) is 0.458. The molecule has 3 aromatic rings. The van der Waals surface area contributed by atoms with Crippen molar-refractivity contribution in [3.8, 4) is 0 Å². The van der Waals surface area contributed by atoms with Gasteiger partial charge in [0, 0.05) is 0 Å². The van der Waals surface area contributed by atoms with Crippen molar-refractivity contribution >= 4 is 11.5 Å². The molecule has 1 saturated heterocycles. The Balaban J connectivity index is 1.33. The van der Waals surface area contributed by atoms with E-state index in [2.05, 4.69) is 36.1 Å². The van der Waals surface area contributed by atoms with Gasteiger partial charge in [-0.25, -0.2) is 9.50 Å². The van der Waals surface area contributed by atoms with E-state index in [0.717, 1.165) is 35.3 Å². The van der Waals surface area contributed by atoms with Gasteiger partial charge in [-0.15, -0.1) is 0 Å². The summed E-state index contributed by atoms with van der Waals surface area (Å²) >= 11 is 0. The fourth-order valence-corrected chi connectivity index (χ4v) is 4.08. The van der Waals surface area contributed by atoms with Gasteiger partial charge >= 0.3 is 5.97 Å². The first-order valence-electron chi connectivity index (χ1n) is 10.7. The van der Waals surface area contributed by atoms with Crippen LogP contribution in [0.3, 0.4) is 0 Å². The Morgan fingerprint density at radius 1 is 1.17 bits per heavy atom. The molecule has 0 saturated carbocycles. The molecule has 30 heavy (non-hydrogen) atoms. The molecule has 1 aliphatic heterocycles. The summed E-state index contributed by atoms with van der Waals surface area (Å²) in [4.78, 5) is 16.8. The van der Waals surface area contributed by atoms with E-state index < -0.39 is 0 Å². The minimum atomic E-state index is -0.176. The molecular weight excluding hydrogens is 378 g/mol. The fourth-order valence-electron chi connectivity index (χ4n) is 4.08. The number of benzene rings is 1. The van der Waals surface area contributed by atoms with Crippen LogP contribution in [0, 0.1) is 5.92 Å². The standard InChI is InChI=1S/C24H29N3O3/c1-16(2)23-21-11-10-20(27(21)26-15-25-23)22-12-9-19(30-22)14-29-24(28)17(3)13-18-7-5-4-6-8-18/h4-8,10-11,15-17,19,22H,9,12-14H2,1-3H3. The minimum Gasteiger partial charge on any atom is -0.463 e. The molecule has 1 aromatic carbocycles. The molecule has 0 aliphatic carbocycles. The summed E-state index contributed by atoms with van der Waals surface area (Å²) in [5.41, 5.74) is 4.23. The van der Waals surface area contributed by atoms with E-state index in [1.165, 1.54) is 0 Å². The lowest BCUT2D eigenvalue weighted by molar-refractivity contribution is -0.152. The van der Waals surface area contributed by atoms with Crippen LogP contribution in [0.25, 0.3) is 5.52 Å². The number of esters is 1. The maximum atomic E-state index is 12.4. The van der Waals surface area contributed by atoms with Gasteiger partial charge in [0.1, 0.15) is 19.0 Å². The summed E-state index contributed by atoms with van der Waals surface area (Å²) in [5, 5.41) is 4.43. The molecule has 0 bridgehead atoms. The van der Waals surface area contributed by atoms with Crippen LogP contribution < -0.4 is 0 Å². The van der Waals surface area contributed by atoms with Crippen LogP contribution in [0.1, 0.15) is 62.6 Å². The van der Waals surface area contributed by atoms with Gasteiger partial charge in [0.25, 0.3) is 0 Å². The Morgan fingerprint density at radius 3 is 2.73 bits per heavy atom. The number of aromatic nitrogens is 3. The molecule has 6 heteroatoms. The van der Waals surface area contributed by atoms with Crippen molar-refractivity contribution in [3.63, 3.8) is 0 Å². The number of rotatable bonds is 7. The van der Waals surface area contributed by atoms with Crippen molar-refractivity contribution in [1.29, 1.82) is 0 Å². The van der Waals surface area contributed by atoms with Crippen LogP contribution in [0.15, 0.2) is 48.8 Å². The van der Waals surface area contributed by atoms with Gasteiger partial charge < -0.3 is 9.47 Å². The highest BCUT2D eigenvalue weighted by atomic mass is 16.6. The largest absolute Gasteiger partial charge is 0.463 e. The quantitative estimate of drug-likeness (QED) is 0.540. The average molecular weight is 408 g/mol. The van der Waals surface area contributed by atoms with Gasteiger partial charge in [-0.1, -0.05) is 51.1 Å². The Labute approximate surface area is 177 Å². The van der Waals surface area contributed by atoms with E-state index in [1.807, 2.05) is 41.8 Å². The second-order valence-corrected chi connectivity index (χ2v) is 8.40. The van der Waals surface area contributed by atoms with Gasteiger partial charge in [-0.2, -0.15) is 5.10 Å². The lowest BCUT2D eigenvalue weighted by atomic mass is 10.0. The summed E-state index contributed by atoms with van der Waals surface area (Å²) in [7, 11) is 0. The zero-order valence-corrected chi connectivity index (χ0v) is 17.8. The van der Waals surface area contributed by atoms with Gasteiger partial charge in [-0.05, 0) is 42.9 Å². The maximum Gasteiger partial charge on any atom is 0.309 e. The minimum absolute atomic E-state index is 0.0483. The number of fused-ring (bicyclic) bond motifs is 1. The molecule has 0 amide bonds. The van der Waals surface area contributed by atoms with Crippen molar-refractivity contribution in [1.82, 2.24) is 14.6 Å². The topological polar surface area (TPSA) is 65.7 Å². The highest BCUT2D eigenvalue weighted by molar-refractivity contribution is 5.72. The molecule has 1 aliphatic rings. The second kappa shape index (κ2) is 8.96. The third kappa shape index (κ3) is 4.38. The molecular formula is C24H29N3O3. The van der Waals surface area contributed by atoms with Crippen molar-refractivity contribution in [2.45, 2.75) is 58.2 Å².